The normalized spacial score (nSPS) is 17.4. The molecule has 2 heterocycles. The Kier molecular flexibility index (Phi) is 3.78. The van der Waals surface area contributed by atoms with Crippen LogP contribution in [-0.2, 0) is 9.53 Å². The lowest BCUT2D eigenvalue weighted by atomic mass is 10.1. The van der Waals surface area contributed by atoms with Crippen molar-refractivity contribution in [2.45, 2.75) is 32.7 Å². The first-order valence-corrected chi connectivity index (χ1v) is 6.09. The molecule has 0 saturated carbocycles. The second kappa shape index (κ2) is 5.31. The minimum Gasteiger partial charge on any atom is -0.381 e. The third-order valence-corrected chi connectivity index (χ3v) is 2.96. The minimum absolute atomic E-state index is 0.0126. The molecule has 1 amide bonds. The number of nitrogens with one attached hydrogen (secondary N) is 1. The SMILES string of the molecule is CC(C)C(=O)Nc1cnn(C2CCOCC2)c1. The molecule has 1 aliphatic heterocycles. The van der Waals surface area contributed by atoms with Crippen LogP contribution in [0.15, 0.2) is 12.4 Å². The van der Waals surface area contributed by atoms with Gasteiger partial charge in [0.1, 0.15) is 0 Å². The molecule has 2 rings (SSSR count). The predicted molar refractivity (Wildman–Crippen MR) is 64.8 cm³/mol. The van der Waals surface area contributed by atoms with Crippen molar-refractivity contribution in [3.63, 3.8) is 0 Å². The first-order chi connectivity index (χ1) is 8.16. The van der Waals surface area contributed by atoms with Crippen molar-refractivity contribution in [2.75, 3.05) is 18.5 Å². The standard InChI is InChI=1S/C12H19N3O2/c1-9(2)12(16)14-10-7-13-15(8-10)11-3-5-17-6-4-11/h7-9,11H,3-6H2,1-2H3,(H,14,16). The largest absolute Gasteiger partial charge is 0.381 e. The van der Waals surface area contributed by atoms with Gasteiger partial charge in [-0.15, -0.1) is 0 Å². The van der Waals surface area contributed by atoms with Crippen LogP contribution < -0.4 is 5.32 Å². The first kappa shape index (κ1) is 12.1. The lowest BCUT2D eigenvalue weighted by Gasteiger charge is -2.22. The van der Waals surface area contributed by atoms with Gasteiger partial charge in [-0.25, -0.2) is 0 Å². The van der Waals surface area contributed by atoms with Gasteiger partial charge in [0.05, 0.1) is 17.9 Å². The summed E-state index contributed by atoms with van der Waals surface area (Å²) in [5.41, 5.74) is 0.773. The highest BCUT2D eigenvalue weighted by Gasteiger charge is 2.17. The number of carbonyl (C=O) groups is 1. The van der Waals surface area contributed by atoms with Gasteiger partial charge in [-0.05, 0) is 12.8 Å². The number of aromatic nitrogens is 2. The molecule has 1 aliphatic rings. The number of carbonyl (C=O) groups excluding carboxylic acids is 1. The number of hydrogen-bond acceptors (Lipinski definition) is 3. The van der Waals surface area contributed by atoms with Crippen LogP contribution in [0.25, 0.3) is 0 Å². The van der Waals surface area contributed by atoms with Crippen LogP contribution in [0.5, 0.6) is 0 Å². The van der Waals surface area contributed by atoms with Crippen molar-refractivity contribution >= 4 is 11.6 Å². The molecule has 1 fully saturated rings. The molecule has 17 heavy (non-hydrogen) atoms. The fraction of sp³-hybridized carbons (Fsp3) is 0.667. The molecule has 0 spiro atoms. The summed E-state index contributed by atoms with van der Waals surface area (Å²) in [5.74, 6) is 0.0120. The fourth-order valence-corrected chi connectivity index (χ4v) is 1.84. The van der Waals surface area contributed by atoms with Crippen LogP contribution >= 0.6 is 0 Å². The van der Waals surface area contributed by atoms with E-state index in [2.05, 4.69) is 10.4 Å². The van der Waals surface area contributed by atoms with Crippen molar-refractivity contribution in [3.8, 4) is 0 Å². The molecular weight excluding hydrogens is 218 g/mol. The molecule has 0 radical (unpaired) electrons. The van der Waals surface area contributed by atoms with Gasteiger partial charge in [0.25, 0.3) is 0 Å². The molecule has 0 atom stereocenters. The van der Waals surface area contributed by atoms with Crippen LogP contribution in [0.4, 0.5) is 5.69 Å². The van der Waals surface area contributed by atoms with E-state index in [-0.39, 0.29) is 11.8 Å². The second-order valence-corrected chi connectivity index (χ2v) is 4.70. The average Bonchev–Trinajstić information content (AvgIpc) is 2.78. The summed E-state index contributed by atoms with van der Waals surface area (Å²) >= 11 is 0. The number of amides is 1. The van der Waals surface area contributed by atoms with Crippen LogP contribution in [0.1, 0.15) is 32.7 Å². The Morgan fingerprint density at radius 1 is 1.53 bits per heavy atom. The zero-order chi connectivity index (χ0) is 12.3. The van der Waals surface area contributed by atoms with Crippen molar-refractivity contribution in [1.29, 1.82) is 0 Å². The van der Waals surface area contributed by atoms with Gasteiger partial charge in [0.15, 0.2) is 0 Å². The van der Waals surface area contributed by atoms with Crippen molar-refractivity contribution in [3.05, 3.63) is 12.4 Å². The van der Waals surface area contributed by atoms with E-state index < -0.39 is 0 Å². The summed E-state index contributed by atoms with van der Waals surface area (Å²) in [6.45, 7) is 5.33. The second-order valence-electron chi connectivity index (χ2n) is 4.70. The maximum atomic E-state index is 11.5. The first-order valence-electron chi connectivity index (χ1n) is 6.09. The highest BCUT2D eigenvalue weighted by Crippen LogP contribution is 2.21. The van der Waals surface area contributed by atoms with E-state index in [0.717, 1.165) is 31.7 Å². The predicted octanol–water partition coefficient (Wildman–Crippen LogP) is 1.83. The Hall–Kier alpha value is -1.36. The number of hydrogen-bond donors (Lipinski definition) is 1. The van der Waals surface area contributed by atoms with E-state index in [9.17, 15) is 4.79 Å². The van der Waals surface area contributed by atoms with E-state index in [0.29, 0.717) is 6.04 Å². The molecule has 0 aliphatic carbocycles. The molecule has 0 bridgehead atoms. The smallest absolute Gasteiger partial charge is 0.227 e. The molecule has 1 aromatic rings. The summed E-state index contributed by atoms with van der Waals surface area (Å²) in [7, 11) is 0. The minimum atomic E-state index is -0.0126. The molecule has 1 aromatic heterocycles. The molecule has 0 aromatic carbocycles. The maximum absolute atomic E-state index is 11.5. The van der Waals surface area contributed by atoms with Crippen molar-refractivity contribution < 1.29 is 9.53 Å². The van der Waals surface area contributed by atoms with Gasteiger partial charge < -0.3 is 10.1 Å². The third-order valence-electron chi connectivity index (χ3n) is 2.96. The molecule has 1 N–H and O–H groups in total. The topological polar surface area (TPSA) is 56.2 Å². The Balaban J connectivity index is 1.97. The van der Waals surface area contributed by atoms with Crippen molar-refractivity contribution in [2.24, 2.45) is 5.92 Å². The summed E-state index contributed by atoms with van der Waals surface area (Å²) in [6, 6.07) is 0.397. The lowest BCUT2D eigenvalue weighted by molar-refractivity contribution is -0.118. The Morgan fingerprint density at radius 2 is 2.24 bits per heavy atom. The van der Waals surface area contributed by atoms with Crippen molar-refractivity contribution in [1.82, 2.24) is 9.78 Å². The van der Waals surface area contributed by atoms with Crippen LogP contribution in [0, 0.1) is 5.92 Å². The number of nitrogens with zero attached hydrogens (tertiary/aromatic N) is 2. The van der Waals surface area contributed by atoms with Crippen LogP contribution in [-0.4, -0.2) is 28.9 Å². The Bertz CT molecular complexity index is 381. The van der Waals surface area contributed by atoms with Gasteiger partial charge in [-0.2, -0.15) is 5.10 Å². The Morgan fingerprint density at radius 3 is 2.88 bits per heavy atom. The fourth-order valence-electron chi connectivity index (χ4n) is 1.84. The highest BCUT2D eigenvalue weighted by atomic mass is 16.5. The molecular formula is C12H19N3O2. The quantitative estimate of drug-likeness (QED) is 0.872. The van der Waals surface area contributed by atoms with Gasteiger partial charge in [0.2, 0.25) is 5.91 Å². The van der Waals surface area contributed by atoms with Gasteiger partial charge in [-0.1, -0.05) is 13.8 Å². The van der Waals surface area contributed by atoms with Gasteiger partial charge >= 0.3 is 0 Å². The summed E-state index contributed by atoms with van der Waals surface area (Å²) in [6.07, 6.45) is 5.57. The van der Waals surface area contributed by atoms with E-state index in [1.165, 1.54) is 0 Å². The van der Waals surface area contributed by atoms with Gasteiger partial charge in [0, 0.05) is 25.3 Å². The molecule has 5 nitrogen and oxygen atoms in total. The zero-order valence-electron chi connectivity index (χ0n) is 10.3. The van der Waals surface area contributed by atoms with E-state index in [1.807, 2.05) is 24.7 Å². The van der Waals surface area contributed by atoms with E-state index in [1.54, 1.807) is 6.20 Å². The van der Waals surface area contributed by atoms with Crippen LogP contribution in [0.3, 0.4) is 0 Å². The summed E-state index contributed by atoms with van der Waals surface area (Å²) in [4.78, 5) is 11.5. The Labute approximate surface area is 101 Å². The third kappa shape index (κ3) is 3.06. The molecule has 1 saturated heterocycles. The van der Waals surface area contributed by atoms with E-state index in [4.69, 9.17) is 4.74 Å². The summed E-state index contributed by atoms with van der Waals surface area (Å²) in [5, 5.41) is 7.15. The average molecular weight is 237 g/mol. The number of rotatable bonds is 3. The lowest BCUT2D eigenvalue weighted by Crippen LogP contribution is -2.20. The zero-order valence-corrected chi connectivity index (χ0v) is 10.3. The number of anilines is 1. The molecule has 94 valence electrons. The highest BCUT2D eigenvalue weighted by molar-refractivity contribution is 5.91. The molecule has 0 unspecified atom stereocenters. The number of ether oxygens (including phenoxy) is 1. The monoisotopic (exact) mass is 237 g/mol. The van der Waals surface area contributed by atoms with Crippen LogP contribution in [0.2, 0.25) is 0 Å². The van der Waals surface area contributed by atoms with E-state index >= 15 is 0 Å². The summed E-state index contributed by atoms with van der Waals surface area (Å²) < 4.78 is 7.24. The maximum Gasteiger partial charge on any atom is 0.227 e. The molecule has 5 heteroatoms. The van der Waals surface area contributed by atoms with Gasteiger partial charge in [-0.3, -0.25) is 9.48 Å².